The Morgan fingerprint density at radius 2 is 1.88 bits per heavy atom. The SMILES string of the molecule is CCCCCN(C(=O)OCC[Si](C)(C)C)C(N)CCC1CCCCC1. The second kappa shape index (κ2) is 11.9. The van der Waals surface area contributed by atoms with Crippen molar-refractivity contribution in [1.82, 2.24) is 4.90 Å². The summed E-state index contributed by atoms with van der Waals surface area (Å²) < 4.78 is 5.57. The quantitative estimate of drug-likeness (QED) is 0.292. The summed E-state index contributed by atoms with van der Waals surface area (Å²) in [7, 11) is -1.18. The van der Waals surface area contributed by atoms with E-state index in [1.165, 1.54) is 32.1 Å². The van der Waals surface area contributed by atoms with Crippen LogP contribution in [0.15, 0.2) is 0 Å². The van der Waals surface area contributed by atoms with Gasteiger partial charge < -0.3 is 10.5 Å². The number of amides is 1. The van der Waals surface area contributed by atoms with Crippen LogP contribution in [0.2, 0.25) is 25.7 Å². The number of hydrogen-bond acceptors (Lipinski definition) is 3. The van der Waals surface area contributed by atoms with E-state index in [4.69, 9.17) is 10.5 Å². The standard InChI is InChI=1S/C20H42N2O2Si/c1-5-6-10-15-22(20(23)24-16-17-25(2,3)4)19(21)14-13-18-11-8-7-9-12-18/h18-19H,5-17,21H2,1-4H3. The number of ether oxygens (including phenoxy) is 1. The molecule has 0 bridgehead atoms. The summed E-state index contributed by atoms with van der Waals surface area (Å²) in [6.07, 6.45) is 11.7. The van der Waals surface area contributed by atoms with E-state index in [1.807, 2.05) is 0 Å². The Morgan fingerprint density at radius 3 is 2.48 bits per heavy atom. The highest BCUT2D eigenvalue weighted by Crippen LogP contribution is 2.28. The summed E-state index contributed by atoms with van der Waals surface area (Å²) in [6, 6.07) is 1.01. The fourth-order valence-electron chi connectivity index (χ4n) is 3.49. The molecule has 0 radical (unpaired) electrons. The van der Waals surface area contributed by atoms with Crippen LogP contribution in [0.25, 0.3) is 0 Å². The molecule has 1 rings (SSSR count). The van der Waals surface area contributed by atoms with Crippen molar-refractivity contribution >= 4 is 14.2 Å². The third-order valence-electron chi connectivity index (χ3n) is 5.31. The van der Waals surface area contributed by atoms with E-state index in [0.29, 0.717) is 6.61 Å². The van der Waals surface area contributed by atoms with Crippen molar-refractivity contribution in [2.75, 3.05) is 13.2 Å². The Labute approximate surface area is 156 Å². The summed E-state index contributed by atoms with van der Waals surface area (Å²) in [5.41, 5.74) is 6.41. The molecule has 5 heteroatoms. The second-order valence-electron chi connectivity index (χ2n) is 8.97. The largest absolute Gasteiger partial charge is 0.450 e. The Balaban J connectivity index is 2.46. The van der Waals surface area contributed by atoms with Gasteiger partial charge in [0, 0.05) is 14.6 Å². The molecule has 0 heterocycles. The van der Waals surface area contributed by atoms with Crippen molar-refractivity contribution < 1.29 is 9.53 Å². The molecule has 25 heavy (non-hydrogen) atoms. The zero-order chi connectivity index (χ0) is 18.7. The van der Waals surface area contributed by atoms with Crippen LogP contribution >= 0.6 is 0 Å². The van der Waals surface area contributed by atoms with Crippen molar-refractivity contribution in [3.05, 3.63) is 0 Å². The molecule has 148 valence electrons. The maximum Gasteiger partial charge on any atom is 0.410 e. The lowest BCUT2D eigenvalue weighted by Gasteiger charge is -2.30. The van der Waals surface area contributed by atoms with Gasteiger partial charge in [0.2, 0.25) is 0 Å². The fraction of sp³-hybridized carbons (Fsp3) is 0.950. The van der Waals surface area contributed by atoms with Crippen molar-refractivity contribution in [3.8, 4) is 0 Å². The molecule has 1 fully saturated rings. The van der Waals surface area contributed by atoms with Crippen LogP contribution < -0.4 is 5.73 Å². The predicted molar refractivity (Wildman–Crippen MR) is 110 cm³/mol. The van der Waals surface area contributed by atoms with Gasteiger partial charge in [0.1, 0.15) is 0 Å². The molecule has 0 saturated heterocycles. The van der Waals surface area contributed by atoms with Gasteiger partial charge in [-0.15, -0.1) is 0 Å². The number of carbonyl (C=O) groups is 1. The third kappa shape index (κ3) is 10.2. The maximum atomic E-state index is 12.6. The summed E-state index contributed by atoms with van der Waals surface area (Å²) in [5, 5.41) is 0. The molecule has 1 saturated carbocycles. The molecule has 2 N–H and O–H groups in total. The molecule has 1 aliphatic carbocycles. The average Bonchev–Trinajstić information content (AvgIpc) is 2.56. The van der Waals surface area contributed by atoms with Crippen molar-refractivity contribution in [2.45, 2.75) is 103 Å². The molecule has 0 aliphatic heterocycles. The van der Waals surface area contributed by atoms with Crippen LogP contribution in [-0.2, 0) is 4.74 Å². The Hall–Kier alpha value is -0.553. The van der Waals surface area contributed by atoms with Gasteiger partial charge in [-0.25, -0.2) is 4.79 Å². The van der Waals surface area contributed by atoms with Crippen molar-refractivity contribution in [2.24, 2.45) is 11.7 Å². The smallest absolute Gasteiger partial charge is 0.410 e. The first-order chi connectivity index (χ1) is 11.8. The van der Waals surface area contributed by atoms with Crippen LogP contribution in [0.1, 0.15) is 71.1 Å². The third-order valence-corrected chi connectivity index (χ3v) is 7.01. The first-order valence-corrected chi connectivity index (χ1v) is 14.2. The summed E-state index contributed by atoms with van der Waals surface area (Å²) in [4.78, 5) is 14.3. The zero-order valence-electron chi connectivity index (χ0n) is 17.2. The minimum atomic E-state index is -1.18. The van der Waals surface area contributed by atoms with E-state index in [0.717, 1.165) is 50.6 Å². The lowest BCUT2D eigenvalue weighted by atomic mass is 9.86. The Bertz CT molecular complexity index is 365. The van der Waals surface area contributed by atoms with Gasteiger partial charge in [-0.3, -0.25) is 4.90 Å². The van der Waals surface area contributed by atoms with Gasteiger partial charge >= 0.3 is 6.09 Å². The van der Waals surface area contributed by atoms with E-state index in [-0.39, 0.29) is 12.3 Å². The van der Waals surface area contributed by atoms with Gasteiger partial charge in [0.15, 0.2) is 0 Å². The highest BCUT2D eigenvalue weighted by Gasteiger charge is 2.24. The van der Waals surface area contributed by atoms with Crippen LogP contribution in [0.3, 0.4) is 0 Å². The molecule has 1 unspecified atom stereocenters. The molecular weight excluding hydrogens is 328 g/mol. The van der Waals surface area contributed by atoms with Gasteiger partial charge in [0.05, 0.1) is 12.8 Å². The zero-order valence-corrected chi connectivity index (χ0v) is 18.2. The molecule has 0 aromatic carbocycles. The van der Waals surface area contributed by atoms with E-state index in [2.05, 4.69) is 26.6 Å². The van der Waals surface area contributed by atoms with Crippen LogP contribution in [0.5, 0.6) is 0 Å². The molecule has 1 amide bonds. The lowest BCUT2D eigenvalue weighted by molar-refractivity contribution is 0.0857. The van der Waals surface area contributed by atoms with Gasteiger partial charge in [-0.2, -0.15) is 0 Å². The van der Waals surface area contributed by atoms with Crippen molar-refractivity contribution in [1.29, 1.82) is 0 Å². The molecule has 1 aliphatic rings. The highest BCUT2D eigenvalue weighted by molar-refractivity contribution is 6.76. The molecule has 0 spiro atoms. The van der Waals surface area contributed by atoms with Gasteiger partial charge in [0.25, 0.3) is 0 Å². The maximum absolute atomic E-state index is 12.6. The number of carbonyl (C=O) groups excluding carboxylic acids is 1. The predicted octanol–water partition coefficient (Wildman–Crippen LogP) is 5.60. The number of rotatable bonds is 11. The first-order valence-electron chi connectivity index (χ1n) is 10.5. The Morgan fingerprint density at radius 1 is 1.20 bits per heavy atom. The topological polar surface area (TPSA) is 55.6 Å². The van der Waals surface area contributed by atoms with Crippen molar-refractivity contribution in [3.63, 3.8) is 0 Å². The van der Waals surface area contributed by atoms with E-state index < -0.39 is 8.07 Å². The summed E-state index contributed by atoms with van der Waals surface area (Å²) >= 11 is 0. The number of hydrogen-bond donors (Lipinski definition) is 1. The Kier molecular flexibility index (Phi) is 10.7. The normalized spacial score (nSPS) is 17.3. The molecule has 0 aromatic rings. The fourth-order valence-corrected chi connectivity index (χ4v) is 4.20. The molecular formula is C20H42N2O2Si. The average molecular weight is 371 g/mol. The van der Waals surface area contributed by atoms with E-state index in [9.17, 15) is 4.79 Å². The molecule has 1 atom stereocenters. The van der Waals surface area contributed by atoms with Gasteiger partial charge in [-0.05, 0) is 31.2 Å². The summed E-state index contributed by atoms with van der Waals surface area (Å²) in [5.74, 6) is 0.806. The lowest BCUT2D eigenvalue weighted by Crippen LogP contribution is -2.47. The first kappa shape index (κ1) is 22.5. The minimum absolute atomic E-state index is 0.196. The highest BCUT2D eigenvalue weighted by atomic mass is 28.3. The minimum Gasteiger partial charge on any atom is -0.450 e. The number of nitrogens with two attached hydrogens (primary N) is 1. The molecule has 0 aromatic heterocycles. The number of nitrogens with zero attached hydrogens (tertiary/aromatic N) is 1. The second-order valence-corrected chi connectivity index (χ2v) is 14.6. The van der Waals surface area contributed by atoms with E-state index in [1.54, 1.807) is 4.90 Å². The van der Waals surface area contributed by atoms with Crippen LogP contribution in [-0.4, -0.2) is 38.4 Å². The molecule has 4 nitrogen and oxygen atoms in total. The number of unbranched alkanes of at least 4 members (excludes halogenated alkanes) is 2. The van der Waals surface area contributed by atoms with E-state index >= 15 is 0 Å². The van der Waals surface area contributed by atoms with Crippen LogP contribution in [0.4, 0.5) is 4.79 Å². The van der Waals surface area contributed by atoms with Gasteiger partial charge in [-0.1, -0.05) is 71.5 Å². The summed E-state index contributed by atoms with van der Waals surface area (Å²) in [6.45, 7) is 10.3. The van der Waals surface area contributed by atoms with Crippen LogP contribution in [0, 0.1) is 5.92 Å². The monoisotopic (exact) mass is 370 g/mol.